The second kappa shape index (κ2) is 9.24. The molecule has 1 amide bonds. The van der Waals surface area contributed by atoms with Crippen molar-refractivity contribution >= 4 is 12.1 Å². The van der Waals surface area contributed by atoms with Gasteiger partial charge < -0.3 is 14.6 Å². The van der Waals surface area contributed by atoms with E-state index in [4.69, 9.17) is 9.47 Å². The third-order valence-electron chi connectivity index (χ3n) is 5.91. The summed E-state index contributed by atoms with van der Waals surface area (Å²) in [4.78, 5) is 26.0. The van der Waals surface area contributed by atoms with Gasteiger partial charge in [0.05, 0.1) is 13.7 Å². The van der Waals surface area contributed by atoms with Gasteiger partial charge in [0.25, 0.3) is 0 Å². The van der Waals surface area contributed by atoms with Crippen molar-refractivity contribution in [3.05, 3.63) is 96.1 Å². The number of hydrogen-bond donors (Lipinski definition) is 1. The number of esters is 1. The fourth-order valence-corrected chi connectivity index (χ4v) is 4.24. The maximum atomic E-state index is 12.8. The minimum Gasteiger partial charge on any atom is -0.465 e. The molecule has 0 aliphatic carbocycles. The van der Waals surface area contributed by atoms with Crippen molar-refractivity contribution in [2.75, 3.05) is 13.7 Å². The predicted molar refractivity (Wildman–Crippen MR) is 120 cm³/mol. The molecule has 0 saturated carbocycles. The topological polar surface area (TPSA) is 76.1 Å². The summed E-state index contributed by atoms with van der Waals surface area (Å²) in [6.07, 6.45) is -1.03. The first-order valence-electron chi connectivity index (χ1n) is 10.5. The van der Waals surface area contributed by atoms with Gasteiger partial charge in [-0.1, -0.05) is 84.9 Å². The van der Waals surface area contributed by atoms with Gasteiger partial charge in [-0.05, 0) is 22.3 Å². The first-order valence-corrected chi connectivity index (χ1v) is 10.5. The van der Waals surface area contributed by atoms with E-state index in [0.717, 1.165) is 27.2 Å². The molecule has 1 fully saturated rings. The summed E-state index contributed by atoms with van der Waals surface area (Å²) in [6.45, 7) is 0.239. The Kier molecular flexibility index (Phi) is 6.23. The van der Waals surface area contributed by atoms with Crippen LogP contribution in [0.1, 0.15) is 23.5 Å². The predicted octanol–water partition coefficient (Wildman–Crippen LogP) is 4.91. The largest absolute Gasteiger partial charge is 0.465 e. The minimum atomic E-state index is -1.70. The number of carbonyl (C=O) groups is 2. The van der Waals surface area contributed by atoms with Gasteiger partial charge in [0.2, 0.25) is 5.72 Å². The zero-order valence-electron chi connectivity index (χ0n) is 17.8. The molecule has 0 spiro atoms. The first-order chi connectivity index (χ1) is 15.5. The fourth-order valence-electron chi connectivity index (χ4n) is 4.24. The summed E-state index contributed by atoms with van der Waals surface area (Å²) < 4.78 is 11.0. The molecule has 1 heterocycles. The molecule has 4 rings (SSSR count). The van der Waals surface area contributed by atoms with Crippen molar-refractivity contribution in [3.8, 4) is 11.1 Å². The zero-order chi connectivity index (χ0) is 22.6. The van der Waals surface area contributed by atoms with Gasteiger partial charge in [-0.3, -0.25) is 4.90 Å². The lowest BCUT2D eigenvalue weighted by Gasteiger charge is -2.33. The molecular weight excluding hydrogens is 406 g/mol. The van der Waals surface area contributed by atoms with Gasteiger partial charge in [0.15, 0.2) is 0 Å². The van der Waals surface area contributed by atoms with Gasteiger partial charge >= 0.3 is 12.1 Å². The minimum absolute atomic E-state index is 0.0966. The van der Waals surface area contributed by atoms with Crippen molar-refractivity contribution in [1.29, 1.82) is 0 Å². The van der Waals surface area contributed by atoms with E-state index in [1.807, 2.05) is 84.9 Å². The molecule has 0 radical (unpaired) electrons. The molecule has 0 aromatic heterocycles. The Bertz CT molecular complexity index is 1070. The van der Waals surface area contributed by atoms with E-state index in [2.05, 4.69) is 0 Å². The summed E-state index contributed by atoms with van der Waals surface area (Å²) in [5.41, 5.74) is 2.27. The molecule has 2 unspecified atom stereocenters. The lowest BCUT2D eigenvalue weighted by molar-refractivity contribution is -0.191. The molecule has 1 aliphatic rings. The second-order valence-electron chi connectivity index (χ2n) is 7.83. The van der Waals surface area contributed by atoms with Crippen LogP contribution in [-0.4, -0.2) is 41.4 Å². The molecule has 6 nitrogen and oxygen atoms in total. The van der Waals surface area contributed by atoms with Crippen LogP contribution in [0, 0.1) is 0 Å². The average molecular weight is 431 g/mol. The molecule has 3 aromatic rings. The molecule has 2 atom stereocenters. The number of methoxy groups -OCH3 is 1. The van der Waals surface area contributed by atoms with Gasteiger partial charge in [0.1, 0.15) is 0 Å². The summed E-state index contributed by atoms with van der Waals surface area (Å²) in [6, 6.07) is 27.4. The van der Waals surface area contributed by atoms with Crippen molar-refractivity contribution in [2.45, 2.75) is 24.7 Å². The van der Waals surface area contributed by atoms with Gasteiger partial charge in [0, 0.05) is 18.9 Å². The first kappa shape index (κ1) is 21.6. The summed E-state index contributed by atoms with van der Waals surface area (Å²) in [7, 11) is 1.25. The monoisotopic (exact) mass is 431 g/mol. The number of carboxylic acid groups (broad SMARTS) is 1. The normalized spacial score (nSPS) is 20.2. The summed E-state index contributed by atoms with van der Waals surface area (Å²) >= 11 is 0. The van der Waals surface area contributed by atoms with Crippen molar-refractivity contribution in [3.63, 3.8) is 0 Å². The molecule has 1 aliphatic heterocycles. The molecule has 32 heavy (non-hydrogen) atoms. The van der Waals surface area contributed by atoms with E-state index in [-0.39, 0.29) is 25.5 Å². The van der Waals surface area contributed by atoms with Crippen LogP contribution in [0.25, 0.3) is 11.1 Å². The number of benzene rings is 3. The fraction of sp³-hybridized carbons (Fsp3) is 0.231. The lowest BCUT2D eigenvalue weighted by Crippen LogP contribution is -2.55. The van der Waals surface area contributed by atoms with Crippen molar-refractivity contribution in [1.82, 2.24) is 4.90 Å². The molecule has 1 N–H and O–H groups in total. The third-order valence-corrected chi connectivity index (χ3v) is 5.91. The van der Waals surface area contributed by atoms with E-state index >= 15 is 0 Å². The average Bonchev–Trinajstić information content (AvgIpc) is 3.25. The second-order valence-corrected chi connectivity index (χ2v) is 7.83. The molecule has 3 aromatic carbocycles. The third kappa shape index (κ3) is 4.22. The maximum Gasteiger partial charge on any atom is 0.410 e. The Balaban J connectivity index is 1.61. The van der Waals surface area contributed by atoms with Gasteiger partial charge in [-0.2, -0.15) is 0 Å². The number of hydrogen-bond acceptors (Lipinski definition) is 4. The summed E-state index contributed by atoms with van der Waals surface area (Å²) in [5.74, 6) is -0.912. The van der Waals surface area contributed by atoms with Crippen molar-refractivity contribution in [2.24, 2.45) is 0 Å². The number of likely N-dealkylation sites (tertiary alicyclic amines) is 1. The van der Waals surface area contributed by atoms with Crippen LogP contribution in [0.5, 0.6) is 0 Å². The Labute approximate surface area is 187 Å². The molecular formula is C26H25NO5. The van der Waals surface area contributed by atoms with Crippen LogP contribution in [0.3, 0.4) is 0 Å². The zero-order valence-corrected chi connectivity index (χ0v) is 17.8. The van der Waals surface area contributed by atoms with Crippen LogP contribution in [0.4, 0.5) is 4.79 Å². The highest BCUT2D eigenvalue weighted by atomic mass is 16.6. The number of carbonyl (C=O) groups excluding carboxylic acids is 1. The molecule has 164 valence electrons. The molecule has 0 bridgehead atoms. The van der Waals surface area contributed by atoms with Gasteiger partial charge in [-0.25, -0.2) is 9.59 Å². The number of rotatable bonds is 6. The van der Waals surface area contributed by atoms with E-state index in [9.17, 15) is 14.7 Å². The van der Waals surface area contributed by atoms with Gasteiger partial charge in [-0.15, -0.1) is 0 Å². The van der Waals surface area contributed by atoms with Crippen molar-refractivity contribution < 1.29 is 24.2 Å². The SMILES string of the molecule is COC(=O)C1(OCc2ccccc2)CC(c2ccc(-c3ccccc3)cc2)CN1C(=O)O. The van der Waals surface area contributed by atoms with E-state index in [0.29, 0.717) is 0 Å². The Morgan fingerprint density at radius 2 is 1.53 bits per heavy atom. The highest BCUT2D eigenvalue weighted by molar-refractivity contribution is 5.85. The molecule has 1 saturated heterocycles. The Morgan fingerprint density at radius 1 is 0.938 bits per heavy atom. The quantitative estimate of drug-likeness (QED) is 0.562. The van der Waals surface area contributed by atoms with Crippen LogP contribution in [-0.2, 0) is 20.9 Å². The maximum absolute atomic E-state index is 12.8. The Morgan fingerprint density at radius 3 is 2.12 bits per heavy atom. The number of amides is 1. The van der Waals surface area contributed by atoms with E-state index in [1.165, 1.54) is 7.11 Å². The van der Waals surface area contributed by atoms with E-state index in [1.54, 1.807) is 0 Å². The number of nitrogens with zero attached hydrogens (tertiary/aromatic N) is 1. The lowest BCUT2D eigenvalue weighted by atomic mass is 9.93. The van der Waals surface area contributed by atoms with E-state index < -0.39 is 17.8 Å². The van der Waals surface area contributed by atoms with Crippen LogP contribution in [0.2, 0.25) is 0 Å². The molecule has 6 heteroatoms. The van der Waals surface area contributed by atoms with Crippen LogP contribution < -0.4 is 0 Å². The number of ether oxygens (including phenoxy) is 2. The standard InChI is InChI=1S/C26H25NO5/c1-31-24(28)26(32-18-19-8-4-2-5-9-19)16-23(17-27(26)25(29)30)22-14-12-21(13-15-22)20-10-6-3-7-11-20/h2-15,23H,16-18H2,1H3,(H,29,30). The summed E-state index contributed by atoms with van der Waals surface area (Å²) in [5, 5.41) is 9.89. The Hall–Kier alpha value is -3.64. The van der Waals surface area contributed by atoms with Crippen LogP contribution in [0.15, 0.2) is 84.9 Å². The smallest absolute Gasteiger partial charge is 0.410 e. The van der Waals surface area contributed by atoms with Crippen LogP contribution >= 0.6 is 0 Å². The highest BCUT2D eigenvalue weighted by Gasteiger charge is 2.56. The highest BCUT2D eigenvalue weighted by Crippen LogP contribution is 2.41.